The minimum absolute atomic E-state index is 0.139. The fourth-order valence-electron chi connectivity index (χ4n) is 3.89. The summed E-state index contributed by atoms with van der Waals surface area (Å²) < 4.78 is 49.9. The Morgan fingerprint density at radius 2 is 2.22 bits per heavy atom. The zero-order chi connectivity index (χ0) is 23.7. The third kappa shape index (κ3) is 5.04. The second kappa shape index (κ2) is 9.32. The molecule has 0 spiro atoms. The summed E-state index contributed by atoms with van der Waals surface area (Å²) in [6, 6.07) is 1.17. The number of hydrogen-bond donors (Lipinski definition) is 1. The van der Waals surface area contributed by atoms with E-state index < -0.39 is 67.7 Å². The number of hydrogen-bond acceptors (Lipinski definition) is 8. The van der Waals surface area contributed by atoms with Crippen LogP contribution in [0.2, 0.25) is 0 Å². The van der Waals surface area contributed by atoms with Gasteiger partial charge in [0.05, 0.1) is 43.4 Å². The molecule has 10 nitrogen and oxygen atoms in total. The van der Waals surface area contributed by atoms with Crippen LogP contribution in [-0.4, -0.2) is 53.3 Å². The van der Waals surface area contributed by atoms with Crippen molar-refractivity contribution in [3.05, 3.63) is 33.1 Å². The van der Waals surface area contributed by atoms with Crippen molar-refractivity contribution in [1.29, 1.82) is 0 Å². The number of nitrogens with one attached hydrogen (secondary N) is 1. The number of esters is 1. The van der Waals surface area contributed by atoms with Gasteiger partial charge in [-0.15, -0.1) is 6.42 Å². The quantitative estimate of drug-likeness (QED) is 0.360. The zero-order valence-electron chi connectivity index (χ0n) is 18.0. The van der Waals surface area contributed by atoms with E-state index in [1.54, 1.807) is 20.8 Å². The summed E-state index contributed by atoms with van der Waals surface area (Å²) in [6.07, 6.45) is 2.74. The van der Waals surface area contributed by atoms with Crippen LogP contribution in [-0.2, 0) is 27.9 Å². The predicted octanol–water partition coefficient (Wildman–Crippen LogP) is 1.61. The Labute approximate surface area is 183 Å². The van der Waals surface area contributed by atoms with Crippen molar-refractivity contribution in [1.82, 2.24) is 9.55 Å². The number of alkyl halides is 1. The summed E-state index contributed by atoms with van der Waals surface area (Å²) in [6.45, 7) is 4.22. The summed E-state index contributed by atoms with van der Waals surface area (Å²) >= 11 is 0. The first-order chi connectivity index (χ1) is 15.0. The van der Waals surface area contributed by atoms with E-state index in [-0.39, 0.29) is 18.9 Å². The molecule has 0 aromatic carbocycles. The Kier molecular flexibility index (Phi) is 7.10. The van der Waals surface area contributed by atoms with Crippen LogP contribution in [0.4, 0.5) is 4.39 Å². The largest absolute Gasteiger partial charge is 0.463 e. The van der Waals surface area contributed by atoms with Crippen molar-refractivity contribution >= 4 is 13.6 Å². The Hall–Kier alpha value is -2.25. The number of halogens is 1. The van der Waals surface area contributed by atoms with Crippen LogP contribution in [0.25, 0.3) is 0 Å². The van der Waals surface area contributed by atoms with E-state index in [4.69, 9.17) is 24.9 Å². The van der Waals surface area contributed by atoms with Crippen molar-refractivity contribution in [2.24, 2.45) is 11.3 Å². The van der Waals surface area contributed by atoms with Gasteiger partial charge in [-0.25, -0.2) is 9.18 Å². The molecule has 2 aliphatic rings. The van der Waals surface area contributed by atoms with Crippen molar-refractivity contribution in [2.45, 2.75) is 51.8 Å². The molecule has 1 aromatic rings. The average molecular weight is 472 g/mol. The molecule has 176 valence electrons. The van der Waals surface area contributed by atoms with Gasteiger partial charge in [-0.1, -0.05) is 5.92 Å². The lowest BCUT2D eigenvalue weighted by molar-refractivity contribution is -0.149. The topological polar surface area (TPSA) is 126 Å². The molecule has 0 aliphatic carbocycles. The SMILES string of the molecule is C#C[C@]1(C)[C@@H]2CP(=O)(OC[C@@H](F)CC(=O)OC(C)C)OC[C@H]2O[C@H]1n1ccc(=O)[nH]c1=O. The van der Waals surface area contributed by atoms with Gasteiger partial charge in [0.2, 0.25) is 0 Å². The van der Waals surface area contributed by atoms with Gasteiger partial charge in [0, 0.05) is 18.2 Å². The molecular weight excluding hydrogens is 446 g/mol. The van der Waals surface area contributed by atoms with Gasteiger partial charge < -0.3 is 18.5 Å². The lowest BCUT2D eigenvalue weighted by Crippen LogP contribution is -2.40. The molecule has 0 radical (unpaired) electrons. The number of nitrogens with zero attached hydrogens (tertiary/aromatic N) is 1. The second-order valence-electron chi connectivity index (χ2n) is 8.30. The van der Waals surface area contributed by atoms with E-state index in [1.165, 1.54) is 16.8 Å². The third-order valence-corrected chi connectivity index (χ3v) is 7.44. The molecular formula is C20H26FN2O8P. The fourth-order valence-corrected chi connectivity index (χ4v) is 6.04. The first kappa shape index (κ1) is 24.4. The van der Waals surface area contributed by atoms with Crippen molar-refractivity contribution < 1.29 is 32.3 Å². The fraction of sp³-hybridized carbons (Fsp3) is 0.650. The zero-order valence-corrected chi connectivity index (χ0v) is 18.9. The molecule has 32 heavy (non-hydrogen) atoms. The number of ether oxygens (including phenoxy) is 2. The van der Waals surface area contributed by atoms with E-state index in [2.05, 4.69) is 10.9 Å². The normalized spacial score (nSPS) is 32.8. The third-order valence-electron chi connectivity index (χ3n) is 5.51. The molecule has 0 amide bonds. The molecule has 0 bridgehead atoms. The molecule has 2 saturated heterocycles. The molecule has 1 aromatic heterocycles. The van der Waals surface area contributed by atoms with Crippen molar-refractivity contribution in [2.75, 3.05) is 19.4 Å². The van der Waals surface area contributed by atoms with Gasteiger partial charge in [-0.05, 0) is 20.8 Å². The molecule has 2 fully saturated rings. The first-order valence-corrected chi connectivity index (χ1v) is 11.9. The first-order valence-electron chi connectivity index (χ1n) is 10.1. The lowest BCUT2D eigenvalue weighted by atomic mass is 9.77. The van der Waals surface area contributed by atoms with Crippen LogP contribution in [0.15, 0.2) is 21.9 Å². The van der Waals surface area contributed by atoms with Crippen LogP contribution >= 0.6 is 7.60 Å². The summed E-state index contributed by atoms with van der Waals surface area (Å²) in [5, 5.41) is 0. The number of fused-ring (bicyclic) bond motifs is 1. The Balaban J connectivity index is 1.71. The van der Waals surface area contributed by atoms with Crippen molar-refractivity contribution in [3.63, 3.8) is 0 Å². The molecule has 3 heterocycles. The Morgan fingerprint density at radius 1 is 1.50 bits per heavy atom. The van der Waals surface area contributed by atoms with Crippen molar-refractivity contribution in [3.8, 4) is 12.3 Å². The number of aromatic nitrogens is 2. The number of terminal acetylenes is 1. The van der Waals surface area contributed by atoms with Gasteiger partial charge in [0.25, 0.3) is 5.56 Å². The standard InChI is InChI=1S/C20H26FN2O8P/c1-5-20(4)14-11-32(27,28-9-13(21)8-17(25)30-12(2)3)29-10-15(14)31-18(20)23-7-6-16(24)22-19(23)26/h1,6-7,12-15,18H,8-11H2,2-4H3,(H,22,24,26)/t13-,14+,15+,18+,20+,32?/m0/s1. The Morgan fingerprint density at radius 3 is 2.84 bits per heavy atom. The number of H-pyrrole nitrogens is 1. The van der Waals surface area contributed by atoms with E-state index >= 15 is 0 Å². The van der Waals surface area contributed by atoms with Gasteiger partial charge >= 0.3 is 19.3 Å². The van der Waals surface area contributed by atoms with Crippen LogP contribution in [0.1, 0.15) is 33.4 Å². The van der Waals surface area contributed by atoms with Gasteiger partial charge in [0.15, 0.2) is 6.23 Å². The van der Waals surface area contributed by atoms with Crippen LogP contribution in [0.5, 0.6) is 0 Å². The maximum absolute atomic E-state index is 14.1. The van der Waals surface area contributed by atoms with E-state index in [0.29, 0.717) is 0 Å². The van der Waals surface area contributed by atoms with Gasteiger partial charge in [0.1, 0.15) is 6.17 Å². The summed E-state index contributed by atoms with van der Waals surface area (Å²) in [5.74, 6) is 1.38. The number of carbonyl (C=O) groups excluding carboxylic acids is 1. The van der Waals surface area contributed by atoms with E-state index in [9.17, 15) is 23.3 Å². The molecule has 2 aliphatic heterocycles. The average Bonchev–Trinajstić information content (AvgIpc) is 2.98. The van der Waals surface area contributed by atoms with Crippen LogP contribution in [0, 0.1) is 23.7 Å². The van der Waals surface area contributed by atoms with Gasteiger partial charge in [-0.2, -0.15) is 0 Å². The molecule has 3 rings (SSSR count). The summed E-state index contributed by atoms with van der Waals surface area (Å²) in [5.41, 5.74) is -2.36. The second-order valence-corrected chi connectivity index (χ2v) is 10.4. The molecule has 0 saturated carbocycles. The highest BCUT2D eigenvalue weighted by Crippen LogP contribution is 2.61. The number of carbonyl (C=O) groups is 1. The Bertz CT molecular complexity index is 1060. The summed E-state index contributed by atoms with van der Waals surface area (Å²) in [4.78, 5) is 37.4. The smallest absolute Gasteiger partial charge is 0.331 e. The number of rotatable bonds is 7. The highest BCUT2D eigenvalue weighted by atomic mass is 31.2. The van der Waals surface area contributed by atoms with E-state index in [0.717, 1.165) is 0 Å². The minimum Gasteiger partial charge on any atom is -0.463 e. The maximum atomic E-state index is 14.1. The monoisotopic (exact) mass is 472 g/mol. The molecule has 1 N–H and O–H groups in total. The highest BCUT2D eigenvalue weighted by molar-refractivity contribution is 7.53. The number of aromatic amines is 1. The van der Waals surface area contributed by atoms with Crippen LogP contribution in [0.3, 0.4) is 0 Å². The molecule has 12 heteroatoms. The molecule has 1 unspecified atom stereocenters. The molecule has 6 atom stereocenters. The van der Waals surface area contributed by atoms with E-state index in [1.807, 2.05) is 0 Å². The minimum atomic E-state index is -3.75. The predicted molar refractivity (Wildman–Crippen MR) is 111 cm³/mol. The highest BCUT2D eigenvalue weighted by Gasteiger charge is 2.58. The van der Waals surface area contributed by atoms with Crippen LogP contribution < -0.4 is 11.2 Å². The maximum Gasteiger partial charge on any atom is 0.331 e. The lowest BCUT2D eigenvalue weighted by Gasteiger charge is -2.35. The van der Waals surface area contributed by atoms with Gasteiger partial charge in [-0.3, -0.25) is 23.7 Å². The summed E-state index contributed by atoms with van der Waals surface area (Å²) in [7, 11) is -3.75.